The van der Waals surface area contributed by atoms with E-state index in [-0.39, 0.29) is 30.1 Å². The standard InChI is InChI=1S/C14H29N3O4/c1-6-5-9(17)13(12(19)11(6)18)21-14-8(16)3-4-10(20-14)7(2)15/h6-14,18-19H,3-5,15-17H2,1-2H3/t6-,7-,8-,9+,10+,11+,12-,13-,14-/m1/s1. The fourth-order valence-corrected chi connectivity index (χ4v) is 3.18. The lowest BCUT2D eigenvalue weighted by Gasteiger charge is -2.44. The van der Waals surface area contributed by atoms with E-state index < -0.39 is 24.6 Å². The highest BCUT2D eigenvalue weighted by molar-refractivity contribution is 4.95. The van der Waals surface area contributed by atoms with E-state index in [4.69, 9.17) is 26.7 Å². The minimum Gasteiger partial charge on any atom is -0.390 e. The molecule has 1 heterocycles. The lowest BCUT2D eigenvalue weighted by Crippen LogP contribution is -2.60. The number of nitrogens with two attached hydrogens (primary N) is 3. The zero-order chi connectivity index (χ0) is 15.7. The third kappa shape index (κ3) is 3.73. The molecule has 1 saturated carbocycles. The molecule has 124 valence electrons. The van der Waals surface area contributed by atoms with Gasteiger partial charge in [-0.15, -0.1) is 0 Å². The van der Waals surface area contributed by atoms with Crippen molar-refractivity contribution in [3.05, 3.63) is 0 Å². The Labute approximate surface area is 125 Å². The van der Waals surface area contributed by atoms with Gasteiger partial charge in [0.1, 0.15) is 12.2 Å². The van der Waals surface area contributed by atoms with E-state index >= 15 is 0 Å². The van der Waals surface area contributed by atoms with E-state index in [0.717, 1.165) is 12.8 Å². The van der Waals surface area contributed by atoms with Crippen molar-refractivity contribution in [1.82, 2.24) is 0 Å². The normalized spacial score (nSPS) is 49.9. The second-order valence-corrected chi connectivity index (χ2v) is 6.60. The molecule has 1 aliphatic carbocycles. The van der Waals surface area contributed by atoms with E-state index in [1.165, 1.54) is 0 Å². The predicted octanol–water partition coefficient (Wildman–Crippen LogP) is -1.36. The maximum absolute atomic E-state index is 10.2. The summed E-state index contributed by atoms with van der Waals surface area (Å²) in [6, 6.07) is -0.750. The van der Waals surface area contributed by atoms with Crippen molar-refractivity contribution >= 4 is 0 Å². The average molecular weight is 303 g/mol. The molecule has 9 atom stereocenters. The van der Waals surface area contributed by atoms with Gasteiger partial charge in [0.2, 0.25) is 0 Å². The van der Waals surface area contributed by atoms with Crippen LogP contribution in [0.1, 0.15) is 33.1 Å². The van der Waals surface area contributed by atoms with Gasteiger partial charge < -0.3 is 36.9 Å². The molecule has 2 rings (SSSR count). The SMILES string of the molecule is C[C@@H]1C[C@H](N)[C@@H](O[C@H]2O[C@H]([C@@H](C)N)CC[C@H]2N)[C@H](O)[C@H]1O. The average Bonchev–Trinajstić information content (AvgIpc) is 2.42. The molecule has 1 aliphatic heterocycles. The molecule has 1 saturated heterocycles. The summed E-state index contributed by atoms with van der Waals surface area (Å²) in [6.07, 6.45) is -1.21. The number of ether oxygens (including phenoxy) is 2. The molecule has 0 amide bonds. The number of rotatable bonds is 3. The van der Waals surface area contributed by atoms with Crippen LogP contribution >= 0.6 is 0 Å². The number of hydrogen-bond donors (Lipinski definition) is 5. The summed E-state index contributed by atoms with van der Waals surface area (Å²) < 4.78 is 11.6. The van der Waals surface area contributed by atoms with Crippen LogP contribution in [0.3, 0.4) is 0 Å². The van der Waals surface area contributed by atoms with Crippen molar-refractivity contribution in [3.63, 3.8) is 0 Å². The summed E-state index contributed by atoms with van der Waals surface area (Å²) >= 11 is 0. The van der Waals surface area contributed by atoms with Crippen LogP contribution in [0, 0.1) is 5.92 Å². The first-order valence-corrected chi connectivity index (χ1v) is 7.75. The Morgan fingerprint density at radius 3 is 2.43 bits per heavy atom. The van der Waals surface area contributed by atoms with Gasteiger partial charge in [0.15, 0.2) is 6.29 Å². The Morgan fingerprint density at radius 1 is 1.14 bits per heavy atom. The molecule has 0 aromatic rings. The zero-order valence-corrected chi connectivity index (χ0v) is 12.8. The Hall–Kier alpha value is -0.280. The Morgan fingerprint density at radius 2 is 1.81 bits per heavy atom. The highest BCUT2D eigenvalue weighted by Gasteiger charge is 2.43. The molecule has 2 fully saturated rings. The molecule has 0 unspecified atom stereocenters. The van der Waals surface area contributed by atoms with Gasteiger partial charge in [0.05, 0.1) is 18.2 Å². The van der Waals surface area contributed by atoms with Gasteiger partial charge in [-0.25, -0.2) is 0 Å². The van der Waals surface area contributed by atoms with Gasteiger partial charge >= 0.3 is 0 Å². The molecule has 7 heteroatoms. The summed E-state index contributed by atoms with van der Waals surface area (Å²) in [7, 11) is 0. The van der Waals surface area contributed by atoms with Crippen LogP contribution in [0.5, 0.6) is 0 Å². The van der Waals surface area contributed by atoms with Crippen LogP contribution in [0.4, 0.5) is 0 Å². The molecular formula is C14H29N3O4. The molecule has 8 N–H and O–H groups in total. The number of aliphatic hydroxyl groups excluding tert-OH is 2. The first-order valence-electron chi connectivity index (χ1n) is 7.75. The lowest BCUT2D eigenvalue weighted by molar-refractivity contribution is -0.257. The molecule has 0 spiro atoms. The van der Waals surface area contributed by atoms with E-state index in [2.05, 4.69) is 0 Å². The maximum Gasteiger partial charge on any atom is 0.173 e. The van der Waals surface area contributed by atoms with Gasteiger partial charge in [0, 0.05) is 12.1 Å². The minimum atomic E-state index is -1.03. The maximum atomic E-state index is 10.2. The molecule has 0 bridgehead atoms. The smallest absolute Gasteiger partial charge is 0.173 e. The third-order valence-corrected chi connectivity index (χ3v) is 4.66. The second-order valence-electron chi connectivity index (χ2n) is 6.60. The van der Waals surface area contributed by atoms with Gasteiger partial charge in [-0.3, -0.25) is 0 Å². The fraction of sp³-hybridized carbons (Fsp3) is 1.00. The van der Waals surface area contributed by atoms with Crippen molar-refractivity contribution in [2.24, 2.45) is 23.1 Å². The van der Waals surface area contributed by atoms with E-state index in [1.54, 1.807) is 0 Å². The monoisotopic (exact) mass is 303 g/mol. The van der Waals surface area contributed by atoms with Crippen LogP contribution in [-0.2, 0) is 9.47 Å². The summed E-state index contributed by atoms with van der Waals surface area (Å²) in [4.78, 5) is 0. The second kappa shape index (κ2) is 6.87. The van der Waals surface area contributed by atoms with Crippen molar-refractivity contribution in [2.75, 3.05) is 0 Å². The first kappa shape index (κ1) is 17.1. The van der Waals surface area contributed by atoms with Crippen LogP contribution in [-0.4, -0.2) is 59.0 Å². The van der Waals surface area contributed by atoms with E-state index in [1.807, 2.05) is 13.8 Å². The zero-order valence-electron chi connectivity index (χ0n) is 12.8. The van der Waals surface area contributed by atoms with E-state index in [0.29, 0.717) is 6.42 Å². The highest BCUT2D eigenvalue weighted by atomic mass is 16.7. The molecule has 0 aromatic carbocycles. The first-order chi connectivity index (χ1) is 9.81. The fourth-order valence-electron chi connectivity index (χ4n) is 3.18. The predicted molar refractivity (Wildman–Crippen MR) is 78.2 cm³/mol. The van der Waals surface area contributed by atoms with Crippen LogP contribution < -0.4 is 17.2 Å². The van der Waals surface area contributed by atoms with Gasteiger partial charge in [-0.2, -0.15) is 0 Å². The topological polar surface area (TPSA) is 137 Å². The Balaban J connectivity index is 2.01. The quantitative estimate of drug-likeness (QED) is 0.434. The van der Waals surface area contributed by atoms with Gasteiger partial charge in [0.25, 0.3) is 0 Å². The Bertz CT molecular complexity index is 344. The summed E-state index contributed by atoms with van der Waals surface area (Å²) in [5.74, 6) is -0.0624. The molecule has 0 radical (unpaired) electrons. The summed E-state index contributed by atoms with van der Waals surface area (Å²) in [5.41, 5.74) is 18.0. The van der Waals surface area contributed by atoms with Gasteiger partial charge in [-0.1, -0.05) is 6.92 Å². The largest absolute Gasteiger partial charge is 0.390 e. The van der Waals surface area contributed by atoms with Crippen molar-refractivity contribution in [3.8, 4) is 0 Å². The number of hydrogen-bond acceptors (Lipinski definition) is 7. The van der Waals surface area contributed by atoms with Crippen molar-refractivity contribution in [1.29, 1.82) is 0 Å². The molecule has 0 aromatic heterocycles. The minimum absolute atomic E-state index is 0.0624. The van der Waals surface area contributed by atoms with Crippen LogP contribution in [0.2, 0.25) is 0 Å². The van der Waals surface area contributed by atoms with Gasteiger partial charge in [-0.05, 0) is 32.1 Å². The van der Waals surface area contributed by atoms with Crippen LogP contribution in [0.15, 0.2) is 0 Å². The molecule has 7 nitrogen and oxygen atoms in total. The third-order valence-electron chi connectivity index (χ3n) is 4.66. The molecule has 2 aliphatic rings. The van der Waals surface area contributed by atoms with E-state index in [9.17, 15) is 10.2 Å². The van der Waals surface area contributed by atoms with Crippen molar-refractivity contribution in [2.45, 2.75) is 81.9 Å². The Kier molecular flexibility index (Phi) is 5.59. The summed E-state index contributed by atoms with van der Waals surface area (Å²) in [6.45, 7) is 3.74. The van der Waals surface area contributed by atoms with Crippen LogP contribution in [0.25, 0.3) is 0 Å². The number of aliphatic hydroxyl groups is 2. The lowest BCUT2D eigenvalue weighted by atomic mass is 9.81. The molecular weight excluding hydrogens is 274 g/mol. The summed E-state index contributed by atoms with van der Waals surface area (Å²) in [5, 5.41) is 20.2. The highest BCUT2D eigenvalue weighted by Crippen LogP contribution is 2.29. The van der Waals surface area contributed by atoms with Crippen molar-refractivity contribution < 1.29 is 19.7 Å². The molecule has 21 heavy (non-hydrogen) atoms.